The number of benzene rings is 1. The number of ketones is 1. The molecule has 1 nitrogen and oxygen atoms in total. The molecule has 0 aliphatic carbocycles. The molecule has 0 fully saturated rings. The Morgan fingerprint density at radius 2 is 1.75 bits per heavy atom. The zero-order valence-corrected chi connectivity index (χ0v) is 10.8. The molecule has 0 heterocycles. The van der Waals surface area contributed by atoms with Crippen molar-refractivity contribution < 1.29 is 4.79 Å². The Morgan fingerprint density at radius 3 is 2.19 bits per heavy atom. The van der Waals surface area contributed by atoms with Crippen LogP contribution in [0.1, 0.15) is 52.0 Å². The Bertz CT molecular complexity index is 332. The van der Waals surface area contributed by atoms with Crippen molar-refractivity contribution in [1.82, 2.24) is 0 Å². The Hall–Kier alpha value is -1.11. The molecule has 0 aromatic heterocycles. The molecule has 16 heavy (non-hydrogen) atoms. The summed E-state index contributed by atoms with van der Waals surface area (Å²) in [5.74, 6) is 0.719. The van der Waals surface area contributed by atoms with E-state index in [1.54, 1.807) is 0 Å². The van der Waals surface area contributed by atoms with Crippen LogP contribution in [0.2, 0.25) is 0 Å². The van der Waals surface area contributed by atoms with E-state index in [4.69, 9.17) is 0 Å². The van der Waals surface area contributed by atoms with Crippen molar-refractivity contribution in [1.29, 1.82) is 0 Å². The monoisotopic (exact) mass is 218 g/mol. The summed E-state index contributed by atoms with van der Waals surface area (Å²) in [6.07, 6.45) is 1.68. The predicted octanol–water partition coefficient (Wildman–Crippen LogP) is 4.19. The second kappa shape index (κ2) is 5.29. The number of hydrogen-bond acceptors (Lipinski definition) is 1. The third kappa shape index (κ3) is 3.48. The van der Waals surface area contributed by atoms with Crippen LogP contribution < -0.4 is 0 Å². The summed E-state index contributed by atoms with van der Waals surface area (Å²) in [7, 11) is 0. The lowest BCUT2D eigenvalue weighted by atomic mass is 9.82. The highest BCUT2D eigenvalue weighted by Crippen LogP contribution is 2.28. The van der Waals surface area contributed by atoms with Gasteiger partial charge in [-0.1, -0.05) is 58.0 Å². The van der Waals surface area contributed by atoms with Crippen LogP contribution in [-0.2, 0) is 4.79 Å². The highest BCUT2D eigenvalue weighted by atomic mass is 16.1. The first-order chi connectivity index (χ1) is 7.45. The highest BCUT2D eigenvalue weighted by molar-refractivity contribution is 5.84. The van der Waals surface area contributed by atoms with E-state index in [9.17, 15) is 4.79 Å². The van der Waals surface area contributed by atoms with Gasteiger partial charge in [-0.05, 0) is 17.9 Å². The van der Waals surface area contributed by atoms with E-state index in [2.05, 4.69) is 19.1 Å². The number of Topliss-reactive ketones (excluding diaryl/α,β-unsaturated/α-hetero) is 1. The van der Waals surface area contributed by atoms with E-state index in [-0.39, 0.29) is 5.41 Å². The molecular formula is C15H22O. The van der Waals surface area contributed by atoms with Gasteiger partial charge in [-0.15, -0.1) is 0 Å². The van der Waals surface area contributed by atoms with Gasteiger partial charge >= 0.3 is 0 Å². The average molecular weight is 218 g/mol. The van der Waals surface area contributed by atoms with Gasteiger partial charge in [0.1, 0.15) is 5.78 Å². The molecule has 0 amide bonds. The minimum Gasteiger partial charge on any atom is -0.299 e. The summed E-state index contributed by atoms with van der Waals surface area (Å²) in [6.45, 7) is 8.13. The molecule has 1 rings (SSSR count). The maximum Gasteiger partial charge on any atom is 0.138 e. The Morgan fingerprint density at radius 1 is 1.19 bits per heavy atom. The molecule has 0 saturated carbocycles. The van der Waals surface area contributed by atoms with Crippen LogP contribution in [0.25, 0.3) is 0 Å². The normalized spacial score (nSPS) is 13.5. The molecule has 0 aliphatic heterocycles. The molecule has 0 saturated heterocycles. The van der Waals surface area contributed by atoms with E-state index in [0.29, 0.717) is 18.1 Å². The van der Waals surface area contributed by atoms with Gasteiger partial charge in [0.15, 0.2) is 0 Å². The molecule has 0 radical (unpaired) electrons. The van der Waals surface area contributed by atoms with Crippen LogP contribution in [0.4, 0.5) is 0 Å². The lowest BCUT2D eigenvalue weighted by Gasteiger charge is -2.21. The topological polar surface area (TPSA) is 17.1 Å². The highest BCUT2D eigenvalue weighted by Gasteiger charge is 2.24. The largest absolute Gasteiger partial charge is 0.299 e. The lowest BCUT2D eigenvalue weighted by molar-refractivity contribution is -0.126. The van der Waals surface area contributed by atoms with Crippen LogP contribution >= 0.6 is 0 Å². The molecule has 0 unspecified atom stereocenters. The van der Waals surface area contributed by atoms with Crippen LogP contribution in [0.5, 0.6) is 0 Å². The van der Waals surface area contributed by atoms with E-state index >= 15 is 0 Å². The van der Waals surface area contributed by atoms with Gasteiger partial charge < -0.3 is 0 Å². The summed E-state index contributed by atoms with van der Waals surface area (Å²) in [4.78, 5) is 12.0. The van der Waals surface area contributed by atoms with Gasteiger partial charge in [0.25, 0.3) is 0 Å². The van der Waals surface area contributed by atoms with Crippen LogP contribution in [0, 0.1) is 5.41 Å². The molecule has 0 aliphatic rings. The van der Waals surface area contributed by atoms with Gasteiger partial charge in [-0.3, -0.25) is 4.79 Å². The Labute approximate surface area is 98.9 Å². The van der Waals surface area contributed by atoms with Crippen molar-refractivity contribution >= 4 is 5.78 Å². The first-order valence-corrected chi connectivity index (χ1v) is 6.03. The van der Waals surface area contributed by atoms with E-state index in [1.807, 2.05) is 39.0 Å². The predicted molar refractivity (Wildman–Crippen MR) is 68.6 cm³/mol. The van der Waals surface area contributed by atoms with Crippen molar-refractivity contribution in [3.05, 3.63) is 35.9 Å². The minimum absolute atomic E-state index is 0.220. The van der Waals surface area contributed by atoms with Crippen LogP contribution in [0.3, 0.4) is 0 Å². The third-order valence-corrected chi connectivity index (χ3v) is 3.03. The smallest absolute Gasteiger partial charge is 0.138 e. The summed E-state index contributed by atoms with van der Waals surface area (Å²) < 4.78 is 0. The van der Waals surface area contributed by atoms with Crippen molar-refractivity contribution in [2.75, 3.05) is 0 Å². The SMILES string of the molecule is CC[C@@H](CC(=O)C(C)(C)C)c1ccccc1. The van der Waals surface area contributed by atoms with Crippen molar-refractivity contribution in [3.8, 4) is 0 Å². The molecule has 0 N–H and O–H groups in total. The van der Waals surface area contributed by atoms with E-state index < -0.39 is 0 Å². The number of carbonyl (C=O) groups excluding carboxylic acids is 1. The molecular weight excluding hydrogens is 196 g/mol. The Kier molecular flexibility index (Phi) is 4.28. The van der Waals surface area contributed by atoms with Crippen molar-refractivity contribution in [3.63, 3.8) is 0 Å². The number of hydrogen-bond donors (Lipinski definition) is 0. The van der Waals surface area contributed by atoms with E-state index in [1.165, 1.54) is 5.56 Å². The number of carbonyl (C=O) groups is 1. The lowest BCUT2D eigenvalue weighted by Crippen LogP contribution is -2.22. The second-order valence-electron chi connectivity index (χ2n) is 5.39. The van der Waals surface area contributed by atoms with Crippen LogP contribution in [-0.4, -0.2) is 5.78 Å². The quantitative estimate of drug-likeness (QED) is 0.740. The fourth-order valence-electron chi connectivity index (χ4n) is 1.75. The summed E-state index contributed by atoms with van der Waals surface area (Å²) in [6, 6.07) is 10.3. The summed E-state index contributed by atoms with van der Waals surface area (Å²) in [5.41, 5.74) is 1.06. The molecule has 88 valence electrons. The zero-order chi connectivity index (χ0) is 12.2. The maximum absolute atomic E-state index is 12.0. The molecule has 1 aromatic carbocycles. The first kappa shape index (κ1) is 13.0. The molecule has 0 bridgehead atoms. The summed E-state index contributed by atoms with van der Waals surface area (Å²) >= 11 is 0. The van der Waals surface area contributed by atoms with Crippen LogP contribution in [0.15, 0.2) is 30.3 Å². The van der Waals surface area contributed by atoms with Crippen molar-refractivity contribution in [2.45, 2.75) is 46.5 Å². The summed E-state index contributed by atoms with van der Waals surface area (Å²) in [5, 5.41) is 0. The van der Waals surface area contributed by atoms with Gasteiger partial charge in [0.05, 0.1) is 0 Å². The van der Waals surface area contributed by atoms with Crippen molar-refractivity contribution in [2.24, 2.45) is 5.41 Å². The zero-order valence-electron chi connectivity index (χ0n) is 10.8. The fourth-order valence-corrected chi connectivity index (χ4v) is 1.75. The number of rotatable bonds is 4. The molecule has 1 aromatic rings. The van der Waals surface area contributed by atoms with Gasteiger partial charge in [0, 0.05) is 11.8 Å². The standard InChI is InChI=1S/C15H22O/c1-5-12(11-14(16)15(2,3)4)13-9-7-6-8-10-13/h6-10,12H,5,11H2,1-4H3/t12-/m0/s1. The van der Waals surface area contributed by atoms with Gasteiger partial charge in [-0.2, -0.15) is 0 Å². The first-order valence-electron chi connectivity index (χ1n) is 6.03. The average Bonchev–Trinajstić information content (AvgIpc) is 2.25. The third-order valence-electron chi connectivity index (χ3n) is 3.03. The van der Waals surface area contributed by atoms with Gasteiger partial charge in [0.2, 0.25) is 0 Å². The second-order valence-corrected chi connectivity index (χ2v) is 5.39. The molecule has 0 spiro atoms. The Balaban J connectivity index is 2.75. The molecule has 1 atom stereocenters. The molecule has 1 heteroatoms. The minimum atomic E-state index is -0.220. The fraction of sp³-hybridized carbons (Fsp3) is 0.533. The van der Waals surface area contributed by atoms with E-state index in [0.717, 1.165) is 6.42 Å². The maximum atomic E-state index is 12.0. The van der Waals surface area contributed by atoms with Gasteiger partial charge in [-0.25, -0.2) is 0 Å².